The molecule has 58 valence electrons. The number of hydrogen-bond acceptors (Lipinski definition) is 3. The van der Waals surface area contributed by atoms with Gasteiger partial charge in [-0.3, -0.25) is 8.89 Å². The first-order valence-electron chi connectivity index (χ1n) is 2.49. The first-order valence-corrected chi connectivity index (χ1v) is 4.07. The van der Waals surface area contributed by atoms with Gasteiger partial charge in [-0.1, -0.05) is 0 Å². The molecule has 0 amide bonds. The topological polar surface area (TPSA) is 43.4 Å². The molecular weight excluding hydrogens is 147 g/mol. The molecular formula is C4H11FO3S. The number of halogens is 1. The lowest BCUT2D eigenvalue weighted by Gasteiger charge is -1.95. The summed E-state index contributed by atoms with van der Waals surface area (Å²) in [6.07, 6.45) is 0. The van der Waals surface area contributed by atoms with E-state index >= 15 is 0 Å². The highest BCUT2D eigenvalue weighted by Crippen LogP contribution is 1.89. The maximum absolute atomic E-state index is 10.4. The molecule has 0 atom stereocenters. The predicted octanol–water partition coefficient (Wildman–Crippen LogP) is 0.525. The van der Waals surface area contributed by atoms with Gasteiger partial charge >= 0.3 is 0 Å². The monoisotopic (exact) mass is 158 g/mol. The lowest BCUT2D eigenvalue weighted by atomic mass is 10.9. The second-order valence-electron chi connectivity index (χ2n) is 1.25. The first-order chi connectivity index (χ1) is 3.62. The normalized spacial score (nSPS) is 10.4. The Morgan fingerprint density at radius 2 is 1.78 bits per heavy atom. The van der Waals surface area contributed by atoms with E-state index in [1.54, 1.807) is 13.8 Å². The van der Waals surface area contributed by atoms with Gasteiger partial charge < -0.3 is 0 Å². The van der Waals surface area contributed by atoms with Gasteiger partial charge in [0.25, 0.3) is 10.1 Å². The third kappa shape index (κ3) is 5.72. The first kappa shape index (κ1) is 11.6. The molecule has 0 aromatic carbocycles. The molecule has 0 N–H and O–H groups in total. The summed E-state index contributed by atoms with van der Waals surface area (Å²) in [5, 5.41) is 0. The van der Waals surface area contributed by atoms with E-state index < -0.39 is 10.1 Å². The van der Waals surface area contributed by atoms with Crippen molar-refractivity contribution in [3.63, 3.8) is 0 Å². The molecule has 0 aromatic rings. The van der Waals surface area contributed by atoms with Crippen LogP contribution in [0, 0.1) is 0 Å². The van der Waals surface area contributed by atoms with E-state index in [9.17, 15) is 8.42 Å². The molecule has 0 aliphatic rings. The van der Waals surface area contributed by atoms with Crippen LogP contribution >= 0.6 is 0 Å². The minimum atomic E-state index is -3.17. The Morgan fingerprint density at radius 3 is 1.89 bits per heavy atom. The van der Waals surface area contributed by atoms with Crippen LogP contribution in [0.2, 0.25) is 0 Å². The maximum Gasteiger partial charge on any atom is 0.267 e. The maximum atomic E-state index is 10.4. The smallest absolute Gasteiger partial charge is 0.267 e. The summed E-state index contributed by atoms with van der Waals surface area (Å²) in [5.41, 5.74) is 0. The predicted molar refractivity (Wildman–Crippen MR) is 33.6 cm³/mol. The average molecular weight is 158 g/mol. The summed E-state index contributed by atoms with van der Waals surface area (Å²) >= 11 is 0. The van der Waals surface area contributed by atoms with Crippen molar-refractivity contribution in [3.05, 3.63) is 0 Å². The van der Waals surface area contributed by atoms with Crippen LogP contribution < -0.4 is 0 Å². The van der Waals surface area contributed by atoms with Gasteiger partial charge in [-0.15, -0.1) is 0 Å². The van der Waals surface area contributed by atoms with Gasteiger partial charge in [0.2, 0.25) is 0 Å². The Morgan fingerprint density at radius 1 is 1.33 bits per heavy atom. The van der Waals surface area contributed by atoms with Crippen LogP contribution in [0.3, 0.4) is 0 Å². The molecule has 0 bridgehead atoms. The summed E-state index contributed by atoms with van der Waals surface area (Å²) in [4.78, 5) is 0. The van der Waals surface area contributed by atoms with Crippen molar-refractivity contribution in [2.45, 2.75) is 13.8 Å². The molecule has 0 fully saturated rings. The van der Waals surface area contributed by atoms with Crippen LogP contribution in [-0.2, 0) is 14.3 Å². The fraction of sp³-hybridized carbons (Fsp3) is 1.00. The summed E-state index contributed by atoms with van der Waals surface area (Å²) in [7, 11) is -3.17. The summed E-state index contributed by atoms with van der Waals surface area (Å²) in [5.74, 6) is 0.0564. The van der Waals surface area contributed by atoms with E-state index in [1.165, 1.54) is 0 Å². The highest BCUT2D eigenvalue weighted by atomic mass is 32.2. The average Bonchev–Trinajstić information content (AvgIpc) is 1.67. The minimum absolute atomic E-state index is 0. The van der Waals surface area contributed by atoms with Gasteiger partial charge in [0.05, 0.1) is 12.4 Å². The molecule has 0 rings (SSSR count). The highest BCUT2D eigenvalue weighted by molar-refractivity contribution is 7.86. The van der Waals surface area contributed by atoms with Crippen LogP contribution in [0.1, 0.15) is 13.8 Å². The third-order valence-corrected chi connectivity index (χ3v) is 1.95. The van der Waals surface area contributed by atoms with Crippen molar-refractivity contribution in [3.8, 4) is 0 Å². The molecule has 0 saturated heterocycles. The van der Waals surface area contributed by atoms with Crippen molar-refractivity contribution in [1.29, 1.82) is 0 Å². The van der Waals surface area contributed by atoms with Gasteiger partial charge in [-0.25, -0.2) is 0 Å². The molecule has 9 heavy (non-hydrogen) atoms. The molecule has 0 heterocycles. The fourth-order valence-electron chi connectivity index (χ4n) is 0.263. The third-order valence-electron chi connectivity index (χ3n) is 0.651. The van der Waals surface area contributed by atoms with Crippen molar-refractivity contribution in [2.75, 3.05) is 12.4 Å². The molecule has 5 heteroatoms. The summed E-state index contributed by atoms with van der Waals surface area (Å²) in [6, 6.07) is 0. The Bertz CT molecular complexity index is 140. The van der Waals surface area contributed by atoms with Crippen LogP contribution in [-0.4, -0.2) is 20.8 Å². The van der Waals surface area contributed by atoms with E-state index in [4.69, 9.17) is 0 Å². The number of hydrogen-bond donors (Lipinski definition) is 0. The molecule has 0 saturated carbocycles. The fourth-order valence-corrected chi connectivity index (χ4v) is 0.789. The molecule has 0 aliphatic carbocycles. The Hall–Kier alpha value is -0.160. The molecule has 0 aromatic heterocycles. The van der Waals surface area contributed by atoms with E-state index in [-0.39, 0.29) is 17.1 Å². The van der Waals surface area contributed by atoms with Crippen molar-refractivity contribution < 1.29 is 17.3 Å². The zero-order valence-electron chi connectivity index (χ0n) is 5.46. The summed E-state index contributed by atoms with van der Waals surface area (Å²) in [6.45, 7) is 3.42. The molecule has 0 unspecified atom stereocenters. The van der Waals surface area contributed by atoms with Crippen LogP contribution in [0.5, 0.6) is 0 Å². The molecule has 0 spiro atoms. The van der Waals surface area contributed by atoms with Gasteiger partial charge in [-0.05, 0) is 13.8 Å². The highest BCUT2D eigenvalue weighted by Gasteiger charge is 2.02. The van der Waals surface area contributed by atoms with E-state index in [0.29, 0.717) is 0 Å². The van der Waals surface area contributed by atoms with Gasteiger partial charge in [0.15, 0.2) is 0 Å². The van der Waals surface area contributed by atoms with Crippen LogP contribution in [0.4, 0.5) is 4.70 Å². The molecule has 3 nitrogen and oxygen atoms in total. The zero-order chi connectivity index (χ0) is 6.62. The van der Waals surface area contributed by atoms with Crippen molar-refractivity contribution >= 4 is 10.1 Å². The van der Waals surface area contributed by atoms with Crippen molar-refractivity contribution in [1.82, 2.24) is 0 Å². The summed E-state index contributed by atoms with van der Waals surface area (Å²) < 4.78 is 25.1. The SMILES string of the molecule is CCOS(=O)(=O)CC.F. The van der Waals surface area contributed by atoms with Crippen molar-refractivity contribution in [2.24, 2.45) is 0 Å². The molecule has 0 radical (unpaired) electrons. The van der Waals surface area contributed by atoms with E-state index in [1.807, 2.05) is 0 Å². The Balaban J connectivity index is 0. The second-order valence-corrected chi connectivity index (χ2v) is 3.18. The standard InChI is InChI=1S/C4H10O3S.FH/c1-3-7-8(5,6)4-2;/h3-4H2,1-2H3;1H. The number of rotatable bonds is 3. The van der Waals surface area contributed by atoms with Gasteiger partial charge in [0.1, 0.15) is 0 Å². The second kappa shape index (κ2) is 4.69. The zero-order valence-corrected chi connectivity index (χ0v) is 6.27. The lowest BCUT2D eigenvalue weighted by Crippen LogP contribution is -2.06. The van der Waals surface area contributed by atoms with Crippen LogP contribution in [0.25, 0.3) is 0 Å². The largest absolute Gasteiger partial charge is 0.270 e. The van der Waals surface area contributed by atoms with E-state index in [0.717, 1.165) is 0 Å². The lowest BCUT2D eigenvalue weighted by molar-refractivity contribution is 0.339. The molecule has 0 aliphatic heterocycles. The Labute approximate surface area is 54.5 Å². The van der Waals surface area contributed by atoms with Gasteiger partial charge in [-0.2, -0.15) is 8.42 Å². The van der Waals surface area contributed by atoms with Crippen LogP contribution in [0.15, 0.2) is 0 Å². The quantitative estimate of drug-likeness (QED) is 0.562. The Kier molecular flexibility index (Phi) is 6.06. The van der Waals surface area contributed by atoms with E-state index in [2.05, 4.69) is 4.18 Å². The minimum Gasteiger partial charge on any atom is -0.270 e. The van der Waals surface area contributed by atoms with Gasteiger partial charge in [0, 0.05) is 0 Å².